The van der Waals surface area contributed by atoms with Crippen LogP contribution in [0.15, 0.2) is 23.1 Å². The van der Waals surface area contributed by atoms with Crippen LogP contribution in [0.2, 0.25) is 5.02 Å². The summed E-state index contributed by atoms with van der Waals surface area (Å²) in [5.74, 6) is 0.484. The van der Waals surface area contributed by atoms with Crippen molar-refractivity contribution in [3.05, 3.63) is 28.8 Å². The molecule has 7 nitrogen and oxygen atoms in total. The third kappa shape index (κ3) is 4.70. The average molecular weight is 517 g/mol. The van der Waals surface area contributed by atoms with Crippen molar-refractivity contribution in [2.75, 3.05) is 6.26 Å². The molecule has 184 valence electrons. The summed E-state index contributed by atoms with van der Waals surface area (Å²) in [6.07, 6.45) is 5.16. The van der Waals surface area contributed by atoms with E-state index in [4.69, 9.17) is 11.6 Å². The molecule has 0 aliphatic heterocycles. The molecule has 1 aromatic carbocycles. The molecule has 0 spiro atoms. The molecule has 10 heteroatoms. The van der Waals surface area contributed by atoms with E-state index in [1.165, 1.54) is 12.3 Å². The average Bonchev–Trinajstić information content (AvgIpc) is 2.61. The minimum atomic E-state index is -3.93. The van der Waals surface area contributed by atoms with Gasteiger partial charge in [-0.3, -0.25) is 4.79 Å². The molecule has 0 aromatic heterocycles. The third-order valence-corrected chi connectivity index (χ3v) is 12.2. The van der Waals surface area contributed by atoms with Crippen molar-refractivity contribution in [2.24, 2.45) is 17.8 Å². The van der Waals surface area contributed by atoms with Crippen LogP contribution in [0.1, 0.15) is 57.9 Å². The maximum absolute atomic E-state index is 13.0. The first-order valence-corrected chi connectivity index (χ1v) is 15.2. The Morgan fingerprint density at radius 2 is 1.73 bits per heavy atom. The molecule has 33 heavy (non-hydrogen) atoms. The van der Waals surface area contributed by atoms with Crippen molar-refractivity contribution in [3.63, 3.8) is 0 Å². The van der Waals surface area contributed by atoms with Crippen LogP contribution in [0.25, 0.3) is 0 Å². The molecule has 4 aliphatic carbocycles. The number of nitrogens with one attached hydrogen (secondary N) is 2. The molecule has 2 N–H and O–H groups in total. The van der Waals surface area contributed by atoms with Crippen LogP contribution in [-0.2, 0) is 24.7 Å². The van der Waals surface area contributed by atoms with Gasteiger partial charge in [0.25, 0.3) is 0 Å². The number of carbonyl (C=O) groups excluding carboxylic acids is 1. The summed E-state index contributed by atoms with van der Waals surface area (Å²) in [5, 5.41) is 3.28. The minimum Gasteiger partial charge on any atom is -0.353 e. The second kappa shape index (κ2) is 8.21. The van der Waals surface area contributed by atoms with E-state index in [-0.39, 0.29) is 40.1 Å². The Morgan fingerprint density at radius 3 is 2.27 bits per heavy atom. The van der Waals surface area contributed by atoms with Gasteiger partial charge in [-0.15, -0.1) is 0 Å². The molecular weight excluding hydrogens is 484 g/mol. The minimum absolute atomic E-state index is 0.0206. The van der Waals surface area contributed by atoms with Gasteiger partial charge in [0.05, 0.1) is 9.77 Å². The molecule has 4 saturated carbocycles. The maximum Gasteiger partial charge on any atom is 0.242 e. The van der Waals surface area contributed by atoms with Crippen LogP contribution >= 0.6 is 11.6 Å². The molecule has 5 rings (SSSR count). The van der Waals surface area contributed by atoms with Crippen molar-refractivity contribution in [1.82, 2.24) is 10.0 Å². The number of hydrogen-bond acceptors (Lipinski definition) is 5. The molecule has 4 aliphatic rings. The SMILES string of the molecule is Cc1cccc(Cl)c1S(=O)(=O)NC(C)(C)CC(=O)NC1C2CC3CC1CC(S(C)(=O)=O)(C3)C2. The van der Waals surface area contributed by atoms with E-state index in [9.17, 15) is 21.6 Å². The van der Waals surface area contributed by atoms with E-state index in [2.05, 4.69) is 10.0 Å². The zero-order valence-corrected chi connectivity index (χ0v) is 21.9. The van der Waals surface area contributed by atoms with Crippen LogP contribution in [0.4, 0.5) is 0 Å². The van der Waals surface area contributed by atoms with Gasteiger partial charge in [-0.05, 0) is 82.3 Å². The van der Waals surface area contributed by atoms with Crippen LogP contribution in [0.3, 0.4) is 0 Å². The number of rotatable bonds is 7. The summed E-state index contributed by atoms with van der Waals surface area (Å²) in [6.45, 7) is 5.02. The standard InChI is InChI=1S/C23H33ClN2O5S2/c1-14-6-5-7-18(24)21(14)33(30,31)26-22(2,3)13-19(27)25-20-16-8-15-9-17(20)12-23(10-15,11-16)32(4,28)29/h5-7,15-17,20,26H,8-13H2,1-4H3,(H,25,27). The van der Waals surface area contributed by atoms with Gasteiger partial charge in [0, 0.05) is 24.3 Å². The quantitative estimate of drug-likeness (QED) is 0.578. The zero-order valence-electron chi connectivity index (χ0n) is 19.5. The number of sulfone groups is 1. The normalized spacial score (nSPS) is 31.5. The fourth-order valence-corrected chi connectivity index (χ4v) is 10.5. The van der Waals surface area contributed by atoms with E-state index >= 15 is 0 Å². The fraction of sp³-hybridized carbons (Fsp3) is 0.696. The van der Waals surface area contributed by atoms with Crippen molar-refractivity contribution in [1.29, 1.82) is 0 Å². The number of amides is 1. The lowest BCUT2D eigenvalue weighted by molar-refractivity contribution is -0.125. The lowest BCUT2D eigenvalue weighted by atomic mass is 9.53. The van der Waals surface area contributed by atoms with Gasteiger partial charge in [0.2, 0.25) is 15.9 Å². The second-order valence-corrected chi connectivity index (χ2v) is 15.5. The Bertz CT molecular complexity index is 1140. The molecule has 0 heterocycles. The highest BCUT2D eigenvalue weighted by Crippen LogP contribution is 2.58. The number of halogens is 1. The number of carbonyl (C=O) groups is 1. The molecule has 0 radical (unpaired) electrons. The predicted octanol–water partition coefficient (Wildman–Crippen LogP) is 3.20. The van der Waals surface area contributed by atoms with Gasteiger partial charge in [-0.2, -0.15) is 0 Å². The molecule has 4 fully saturated rings. The van der Waals surface area contributed by atoms with Gasteiger partial charge in [-0.1, -0.05) is 23.7 Å². The van der Waals surface area contributed by atoms with Crippen molar-refractivity contribution >= 4 is 37.4 Å². The highest BCUT2D eigenvalue weighted by atomic mass is 35.5. The van der Waals surface area contributed by atoms with Gasteiger partial charge in [-0.25, -0.2) is 21.6 Å². The summed E-state index contributed by atoms with van der Waals surface area (Å²) in [4.78, 5) is 13.0. The topological polar surface area (TPSA) is 109 Å². The second-order valence-electron chi connectivity index (χ2n) is 11.1. The largest absolute Gasteiger partial charge is 0.353 e. The summed E-state index contributed by atoms with van der Waals surface area (Å²) >= 11 is 6.15. The number of hydrogen-bond donors (Lipinski definition) is 2. The first kappa shape index (κ1) is 24.9. The molecule has 4 bridgehead atoms. The van der Waals surface area contributed by atoms with Crippen LogP contribution in [0, 0.1) is 24.7 Å². The number of benzene rings is 1. The molecular formula is C23H33ClN2O5S2. The van der Waals surface area contributed by atoms with E-state index in [0.29, 0.717) is 24.3 Å². The third-order valence-electron chi connectivity index (χ3n) is 7.78. The van der Waals surface area contributed by atoms with Crippen molar-refractivity contribution in [2.45, 2.75) is 80.5 Å². The first-order valence-electron chi connectivity index (χ1n) is 11.4. The Labute approximate surface area is 202 Å². The Hall–Kier alpha value is -1.16. The lowest BCUT2D eigenvalue weighted by Crippen LogP contribution is -2.64. The van der Waals surface area contributed by atoms with Gasteiger partial charge in [0.15, 0.2) is 9.84 Å². The molecule has 2 unspecified atom stereocenters. The van der Waals surface area contributed by atoms with E-state index < -0.39 is 30.1 Å². The van der Waals surface area contributed by atoms with E-state index in [1.54, 1.807) is 32.9 Å². The first-order chi connectivity index (χ1) is 15.1. The summed E-state index contributed by atoms with van der Waals surface area (Å²) in [5.41, 5.74) is -0.502. The van der Waals surface area contributed by atoms with Crippen molar-refractivity contribution in [3.8, 4) is 0 Å². The molecule has 2 atom stereocenters. The van der Waals surface area contributed by atoms with Gasteiger partial charge in [0.1, 0.15) is 4.90 Å². The summed E-state index contributed by atoms with van der Waals surface area (Å²) < 4.78 is 53.1. The smallest absolute Gasteiger partial charge is 0.242 e. The van der Waals surface area contributed by atoms with Crippen molar-refractivity contribution < 1.29 is 21.6 Å². The number of aryl methyl sites for hydroxylation is 1. The monoisotopic (exact) mass is 516 g/mol. The highest BCUT2D eigenvalue weighted by Gasteiger charge is 2.59. The van der Waals surface area contributed by atoms with Crippen LogP contribution in [0.5, 0.6) is 0 Å². The molecule has 1 amide bonds. The number of sulfonamides is 1. The molecule has 1 aromatic rings. The van der Waals surface area contributed by atoms with E-state index in [0.717, 1.165) is 19.3 Å². The fourth-order valence-electron chi connectivity index (χ4n) is 6.69. The van der Waals surface area contributed by atoms with Gasteiger partial charge >= 0.3 is 0 Å². The lowest BCUT2D eigenvalue weighted by Gasteiger charge is -2.59. The highest BCUT2D eigenvalue weighted by molar-refractivity contribution is 7.92. The zero-order chi connectivity index (χ0) is 24.4. The summed E-state index contributed by atoms with van der Waals surface area (Å²) in [6, 6.07) is 4.84. The van der Waals surface area contributed by atoms with Gasteiger partial charge < -0.3 is 5.32 Å². The molecule has 0 saturated heterocycles. The maximum atomic E-state index is 13.0. The predicted molar refractivity (Wildman–Crippen MR) is 128 cm³/mol. The Morgan fingerprint density at radius 1 is 1.12 bits per heavy atom. The van der Waals surface area contributed by atoms with Crippen LogP contribution in [-0.4, -0.2) is 45.3 Å². The summed E-state index contributed by atoms with van der Waals surface area (Å²) in [7, 11) is -7.08. The van der Waals surface area contributed by atoms with Crippen LogP contribution < -0.4 is 10.0 Å². The van der Waals surface area contributed by atoms with E-state index in [1.807, 2.05) is 0 Å². The Kier molecular flexibility index (Phi) is 6.21. The Balaban J connectivity index is 1.44.